The zero-order valence-corrected chi connectivity index (χ0v) is 27.3. The Labute approximate surface area is 269 Å². The fourth-order valence-electron chi connectivity index (χ4n) is 6.44. The molecular weight excluding hydrogens is 558 g/mol. The molecule has 4 aromatic rings. The first-order valence-electron chi connectivity index (χ1n) is 16.4. The van der Waals surface area contributed by atoms with Gasteiger partial charge in [-0.15, -0.1) is 0 Å². The molecule has 0 radical (unpaired) electrons. The number of rotatable bonds is 14. The number of likely N-dealkylation sites (N-methyl/N-ethyl adjacent to an activating group) is 1. The molecule has 0 spiro atoms. The summed E-state index contributed by atoms with van der Waals surface area (Å²) in [5.41, 5.74) is 10.8. The van der Waals surface area contributed by atoms with E-state index in [9.17, 15) is 4.79 Å². The first-order chi connectivity index (χ1) is 22.0. The average Bonchev–Trinajstić information content (AvgIpc) is 3.21. The molecule has 0 bridgehead atoms. The van der Waals surface area contributed by atoms with E-state index in [2.05, 4.69) is 85.6 Å². The number of aryl methyl sites for hydroxylation is 3. The van der Waals surface area contributed by atoms with E-state index in [1.807, 2.05) is 24.3 Å². The molecule has 0 amide bonds. The molecule has 0 saturated heterocycles. The molecule has 0 fully saturated rings. The Morgan fingerprint density at radius 1 is 0.822 bits per heavy atom. The third kappa shape index (κ3) is 8.42. The van der Waals surface area contributed by atoms with Crippen molar-refractivity contribution in [1.82, 2.24) is 4.90 Å². The number of nitrogens with zero attached hydrogens (tertiary/aromatic N) is 1. The van der Waals surface area contributed by atoms with E-state index in [0.717, 1.165) is 50.0 Å². The molecule has 0 aromatic heterocycles. The Kier molecular flexibility index (Phi) is 11.5. The van der Waals surface area contributed by atoms with Crippen LogP contribution in [0.15, 0.2) is 91.0 Å². The van der Waals surface area contributed by atoms with Gasteiger partial charge in [-0.25, -0.2) is 4.79 Å². The summed E-state index contributed by atoms with van der Waals surface area (Å²) >= 11 is 0. The number of hydrogen-bond acceptors (Lipinski definition) is 5. The van der Waals surface area contributed by atoms with Crippen molar-refractivity contribution >= 4 is 5.97 Å². The predicted molar refractivity (Wildman–Crippen MR) is 181 cm³/mol. The topological polar surface area (TPSA) is 48.0 Å². The molecule has 0 saturated carbocycles. The van der Waals surface area contributed by atoms with Crippen molar-refractivity contribution in [3.8, 4) is 5.75 Å². The van der Waals surface area contributed by atoms with Crippen molar-refractivity contribution in [3.05, 3.63) is 136 Å². The second-order valence-electron chi connectivity index (χ2n) is 12.0. The van der Waals surface area contributed by atoms with Gasteiger partial charge in [-0.05, 0) is 96.3 Å². The van der Waals surface area contributed by atoms with Crippen LogP contribution in [0.25, 0.3) is 0 Å². The van der Waals surface area contributed by atoms with Crippen LogP contribution in [0, 0.1) is 0 Å². The maximum Gasteiger partial charge on any atom is 0.335 e. The Morgan fingerprint density at radius 3 is 2.29 bits per heavy atom. The minimum absolute atomic E-state index is 0.156. The largest absolute Gasteiger partial charge is 0.492 e. The van der Waals surface area contributed by atoms with Crippen LogP contribution in [0.3, 0.4) is 0 Å². The number of benzene rings is 4. The molecule has 0 aliphatic heterocycles. The molecule has 5 heteroatoms. The van der Waals surface area contributed by atoms with Crippen molar-refractivity contribution in [2.24, 2.45) is 0 Å². The number of methoxy groups -OCH3 is 1. The van der Waals surface area contributed by atoms with E-state index in [-0.39, 0.29) is 12.0 Å². The van der Waals surface area contributed by atoms with Crippen LogP contribution in [0.2, 0.25) is 0 Å². The highest BCUT2D eigenvalue weighted by atomic mass is 16.6. The second kappa shape index (κ2) is 15.9. The number of carbonyl (C=O) groups is 1. The third-order valence-electron chi connectivity index (χ3n) is 8.79. The van der Waals surface area contributed by atoms with Crippen molar-refractivity contribution < 1.29 is 19.0 Å². The van der Waals surface area contributed by atoms with Crippen LogP contribution in [-0.2, 0) is 46.4 Å². The van der Waals surface area contributed by atoms with Gasteiger partial charge in [-0.1, -0.05) is 92.2 Å². The van der Waals surface area contributed by atoms with E-state index in [0.29, 0.717) is 19.6 Å². The Balaban J connectivity index is 1.32. The zero-order valence-electron chi connectivity index (χ0n) is 27.3. The average molecular weight is 606 g/mol. The number of fused-ring (bicyclic) bond motifs is 2. The molecule has 236 valence electrons. The molecule has 45 heavy (non-hydrogen) atoms. The van der Waals surface area contributed by atoms with Gasteiger partial charge < -0.3 is 14.2 Å². The van der Waals surface area contributed by atoms with E-state index < -0.39 is 6.10 Å². The lowest BCUT2D eigenvalue weighted by atomic mass is 9.90. The molecule has 2 unspecified atom stereocenters. The maximum atomic E-state index is 12.1. The summed E-state index contributed by atoms with van der Waals surface area (Å²) in [7, 11) is 3.76. The number of hydrogen-bond donors (Lipinski definition) is 0. The number of esters is 1. The summed E-state index contributed by atoms with van der Waals surface area (Å²) in [6.45, 7) is 5.73. The van der Waals surface area contributed by atoms with Gasteiger partial charge in [0, 0.05) is 20.1 Å². The van der Waals surface area contributed by atoms with E-state index in [1.54, 1.807) is 6.92 Å². The molecule has 1 aliphatic rings. The lowest BCUT2D eigenvalue weighted by Gasteiger charge is -2.31. The highest BCUT2D eigenvalue weighted by molar-refractivity contribution is 5.75. The molecule has 2 atom stereocenters. The zero-order chi connectivity index (χ0) is 31.6. The van der Waals surface area contributed by atoms with Crippen LogP contribution < -0.4 is 4.74 Å². The summed E-state index contributed by atoms with van der Waals surface area (Å²) in [4.78, 5) is 14.6. The van der Waals surface area contributed by atoms with Crippen molar-refractivity contribution in [3.63, 3.8) is 0 Å². The van der Waals surface area contributed by atoms with Gasteiger partial charge in [0.1, 0.15) is 12.4 Å². The number of ether oxygens (including phenoxy) is 3. The van der Waals surface area contributed by atoms with Gasteiger partial charge in [0.2, 0.25) is 0 Å². The van der Waals surface area contributed by atoms with Crippen molar-refractivity contribution in [2.75, 3.05) is 33.9 Å². The van der Waals surface area contributed by atoms with Crippen molar-refractivity contribution in [2.45, 2.75) is 64.5 Å². The van der Waals surface area contributed by atoms with Crippen LogP contribution in [0.5, 0.6) is 5.75 Å². The predicted octanol–water partition coefficient (Wildman–Crippen LogP) is 7.55. The molecule has 0 heterocycles. The SMILES string of the molecule is CCCc1ccc2c(c1)CCc1ccc(Cc3ccccc3)cc1C2N(C)CCOc1ccc(CC(OC)C(=O)OCC)cc1. The fraction of sp³-hybridized carbons (Fsp3) is 0.375. The third-order valence-corrected chi connectivity index (χ3v) is 8.79. The molecule has 5 nitrogen and oxygen atoms in total. The lowest BCUT2D eigenvalue weighted by Crippen LogP contribution is -2.30. The minimum Gasteiger partial charge on any atom is -0.492 e. The minimum atomic E-state index is -0.609. The van der Waals surface area contributed by atoms with Crippen LogP contribution >= 0.6 is 0 Å². The summed E-state index contributed by atoms with van der Waals surface area (Å²) in [5.74, 6) is 0.479. The smallest absolute Gasteiger partial charge is 0.335 e. The van der Waals surface area contributed by atoms with Gasteiger partial charge in [-0.3, -0.25) is 4.90 Å². The standard InChI is InChI=1S/C40H47NO4/c1-5-10-29-16-22-36-34(26-29)19-18-33-17-13-32(25-30-11-8-7-9-12-30)27-37(33)39(36)41(3)23-24-45-35-20-14-31(15-21-35)28-38(43-4)40(42)44-6-2/h7-9,11-17,20-22,26-27,38-39H,5-6,10,18-19,23-25,28H2,1-4H3. The highest BCUT2D eigenvalue weighted by Crippen LogP contribution is 2.37. The molecule has 1 aliphatic carbocycles. The van der Waals surface area contributed by atoms with E-state index >= 15 is 0 Å². The quantitative estimate of drug-likeness (QED) is 0.139. The summed E-state index contributed by atoms with van der Waals surface area (Å²) in [5, 5.41) is 0. The van der Waals surface area contributed by atoms with Gasteiger partial charge in [-0.2, -0.15) is 0 Å². The first kappa shape index (κ1) is 32.5. The summed E-state index contributed by atoms with van der Waals surface area (Å²) in [6.07, 6.45) is 5.16. The van der Waals surface area contributed by atoms with E-state index in [4.69, 9.17) is 14.2 Å². The summed E-state index contributed by atoms with van der Waals surface area (Å²) < 4.78 is 16.7. The van der Waals surface area contributed by atoms with Gasteiger partial charge in [0.05, 0.1) is 12.6 Å². The maximum absolute atomic E-state index is 12.1. The van der Waals surface area contributed by atoms with Crippen LogP contribution in [-0.4, -0.2) is 50.9 Å². The fourth-order valence-corrected chi connectivity index (χ4v) is 6.44. The molecular formula is C40H47NO4. The lowest BCUT2D eigenvalue weighted by molar-refractivity contribution is -0.154. The molecule has 5 rings (SSSR count). The van der Waals surface area contributed by atoms with Crippen LogP contribution in [0.1, 0.15) is 70.8 Å². The summed E-state index contributed by atoms with van der Waals surface area (Å²) in [6, 6.07) is 33.1. The first-order valence-corrected chi connectivity index (χ1v) is 16.4. The van der Waals surface area contributed by atoms with E-state index in [1.165, 1.54) is 46.1 Å². The van der Waals surface area contributed by atoms with Crippen LogP contribution in [0.4, 0.5) is 0 Å². The second-order valence-corrected chi connectivity index (χ2v) is 12.0. The van der Waals surface area contributed by atoms with Gasteiger partial charge in [0.15, 0.2) is 6.10 Å². The highest BCUT2D eigenvalue weighted by Gasteiger charge is 2.28. The Bertz CT molecular complexity index is 1530. The normalized spacial score (nSPS) is 14.7. The van der Waals surface area contributed by atoms with Gasteiger partial charge >= 0.3 is 5.97 Å². The number of carbonyl (C=O) groups excluding carboxylic acids is 1. The monoisotopic (exact) mass is 605 g/mol. The Hall–Kier alpha value is -3.93. The molecule has 0 N–H and O–H groups in total. The van der Waals surface area contributed by atoms with Gasteiger partial charge in [0.25, 0.3) is 0 Å². The Morgan fingerprint density at radius 2 is 1.56 bits per heavy atom. The molecule has 4 aromatic carbocycles. The van der Waals surface area contributed by atoms with Crippen molar-refractivity contribution in [1.29, 1.82) is 0 Å².